The molecule has 0 saturated carbocycles. The first-order valence-corrected chi connectivity index (χ1v) is 10.4. The monoisotopic (exact) mass is 419 g/mol. The largest absolute Gasteiger partial charge is 0.322 e. The zero-order chi connectivity index (χ0) is 21.2. The molecule has 2 unspecified atom stereocenters. The maximum absolute atomic E-state index is 13.0. The van der Waals surface area contributed by atoms with Gasteiger partial charge in [-0.05, 0) is 31.2 Å². The number of nitrogens with zero attached hydrogens (tertiary/aromatic N) is 2. The molecule has 2 heterocycles. The van der Waals surface area contributed by atoms with Crippen molar-refractivity contribution >= 4 is 29.4 Å². The van der Waals surface area contributed by atoms with E-state index in [2.05, 4.69) is 21.0 Å². The number of thioether (sulfide) groups is 1. The van der Waals surface area contributed by atoms with E-state index in [0.29, 0.717) is 12.2 Å². The molecule has 156 valence electrons. The molecule has 1 aliphatic rings. The van der Waals surface area contributed by atoms with Gasteiger partial charge in [-0.1, -0.05) is 20.8 Å². The Morgan fingerprint density at radius 1 is 1.34 bits per heavy atom. The molecule has 1 saturated heterocycles. The Balaban J connectivity index is 1.76. The Kier molecular flexibility index (Phi) is 6.28. The van der Waals surface area contributed by atoms with Gasteiger partial charge in [0.15, 0.2) is 6.29 Å². The highest BCUT2D eigenvalue weighted by Crippen LogP contribution is 2.26. The van der Waals surface area contributed by atoms with Gasteiger partial charge in [0.2, 0.25) is 11.8 Å². The minimum atomic E-state index is -0.539. The third kappa shape index (κ3) is 5.57. The Morgan fingerprint density at radius 2 is 2.03 bits per heavy atom. The molecule has 7 nitrogen and oxygen atoms in total. The van der Waals surface area contributed by atoms with Gasteiger partial charge in [-0.3, -0.25) is 14.9 Å². The number of nitrogens with one attached hydrogen (secondary N) is 3. The molecule has 2 amide bonds. The smallest absolute Gasteiger partial charge is 0.235 e. The van der Waals surface area contributed by atoms with Crippen molar-refractivity contribution < 1.29 is 14.0 Å². The third-order valence-electron chi connectivity index (χ3n) is 4.43. The minimum absolute atomic E-state index is 0.00591. The lowest BCUT2D eigenvalue weighted by atomic mass is 9.92. The maximum atomic E-state index is 13.0. The van der Waals surface area contributed by atoms with Gasteiger partial charge in [-0.2, -0.15) is 5.10 Å². The van der Waals surface area contributed by atoms with Crippen LogP contribution in [0.3, 0.4) is 0 Å². The van der Waals surface area contributed by atoms with Gasteiger partial charge in [0, 0.05) is 28.8 Å². The molecule has 1 aromatic carbocycles. The third-order valence-corrected chi connectivity index (χ3v) is 5.44. The topological polar surface area (TPSA) is 88.1 Å². The summed E-state index contributed by atoms with van der Waals surface area (Å²) in [6.45, 7) is 8.03. The van der Waals surface area contributed by atoms with E-state index < -0.39 is 6.29 Å². The number of anilines is 1. The van der Waals surface area contributed by atoms with Crippen LogP contribution in [0.4, 0.5) is 10.2 Å². The number of benzene rings is 1. The maximum Gasteiger partial charge on any atom is 0.235 e. The number of rotatable bonds is 5. The van der Waals surface area contributed by atoms with Gasteiger partial charge in [-0.15, -0.1) is 11.8 Å². The van der Waals surface area contributed by atoms with Crippen LogP contribution in [0.2, 0.25) is 0 Å². The second-order valence-corrected chi connectivity index (χ2v) is 9.19. The van der Waals surface area contributed by atoms with Crippen LogP contribution in [-0.2, 0) is 15.0 Å². The number of carbonyl (C=O) groups excluding carboxylic acids is 2. The molecule has 3 N–H and O–H groups in total. The standard InChI is InChI=1S/C20H26FN5O2S/c1-12-9-17(27)24-19(22-12)26-16(10-15(25-26)20(2,3)4)23-18(28)11-29-14-7-5-13(21)6-8-14/h5-8,10,12,19,22H,9,11H2,1-4H3,(H,23,28)(H,24,27). The summed E-state index contributed by atoms with van der Waals surface area (Å²) in [5.41, 5.74) is 0.575. The summed E-state index contributed by atoms with van der Waals surface area (Å²) in [4.78, 5) is 25.3. The first kappa shape index (κ1) is 21.3. The van der Waals surface area contributed by atoms with Gasteiger partial charge < -0.3 is 10.6 Å². The molecule has 9 heteroatoms. The van der Waals surface area contributed by atoms with Gasteiger partial charge in [0.25, 0.3) is 0 Å². The molecule has 2 atom stereocenters. The van der Waals surface area contributed by atoms with E-state index >= 15 is 0 Å². The lowest BCUT2D eigenvalue weighted by molar-refractivity contribution is -0.125. The first-order chi connectivity index (χ1) is 13.6. The van der Waals surface area contributed by atoms with Crippen molar-refractivity contribution in [1.82, 2.24) is 20.4 Å². The highest BCUT2D eigenvalue weighted by molar-refractivity contribution is 8.00. The lowest BCUT2D eigenvalue weighted by Crippen LogP contribution is -2.52. The average molecular weight is 420 g/mol. The molecular formula is C20H26FN5O2S. The van der Waals surface area contributed by atoms with E-state index in [1.54, 1.807) is 16.8 Å². The number of carbonyl (C=O) groups is 2. The average Bonchev–Trinajstić information content (AvgIpc) is 3.04. The van der Waals surface area contributed by atoms with Crippen molar-refractivity contribution in [3.63, 3.8) is 0 Å². The minimum Gasteiger partial charge on any atom is -0.322 e. The molecule has 2 aromatic rings. The number of amides is 2. The molecule has 0 radical (unpaired) electrons. The first-order valence-electron chi connectivity index (χ1n) is 9.45. The summed E-state index contributed by atoms with van der Waals surface area (Å²) in [6, 6.07) is 7.82. The summed E-state index contributed by atoms with van der Waals surface area (Å²) >= 11 is 1.32. The van der Waals surface area contributed by atoms with Crippen molar-refractivity contribution in [3.8, 4) is 0 Å². The van der Waals surface area contributed by atoms with Crippen molar-refractivity contribution in [2.24, 2.45) is 0 Å². The summed E-state index contributed by atoms with van der Waals surface area (Å²) in [5.74, 6) is 0.0808. The molecular weight excluding hydrogens is 393 g/mol. The van der Waals surface area contributed by atoms with Crippen LogP contribution in [0.25, 0.3) is 0 Å². The van der Waals surface area contributed by atoms with Crippen LogP contribution < -0.4 is 16.0 Å². The van der Waals surface area contributed by atoms with Gasteiger partial charge >= 0.3 is 0 Å². The van der Waals surface area contributed by atoms with Crippen LogP contribution in [0.5, 0.6) is 0 Å². The molecule has 1 fully saturated rings. The molecule has 3 rings (SSSR count). The summed E-state index contributed by atoms with van der Waals surface area (Å²) < 4.78 is 14.6. The normalized spacial score (nSPS) is 19.7. The van der Waals surface area contributed by atoms with E-state index in [-0.39, 0.29) is 34.8 Å². The van der Waals surface area contributed by atoms with E-state index in [4.69, 9.17) is 0 Å². The van der Waals surface area contributed by atoms with Crippen LogP contribution in [0.1, 0.15) is 46.1 Å². The SMILES string of the molecule is CC1CC(=O)NC(n2nc(C(C)(C)C)cc2NC(=O)CSc2ccc(F)cc2)N1. The van der Waals surface area contributed by atoms with Gasteiger partial charge in [0.1, 0.15) is 11.6 Å². The fourth-order valence-electron chi connectivity index (χ4n) is 2.90. The van der Waals surface area contributed by atoms with E-state index in [0.717, 1.165) is 10.6 Å². The van der Waals surface area contributed by atoms with E-state index in [9.17, 15) is 14.0 Å². The molecule has 0 aliphatic carbocycles. The highest BCUT2D eigenvalue weighted by Gasteiger charge is 2.29. The van der Waals surface area contributed by atoms with Crippen molar-refractivity contribution in [3.05, 3.63) is 41.8 Å². The Hall–Kier alpha value is -2.39. The van der Waals surface area contributed by atoms with Crippen LogP contribution in [0, 0.1) is 5.82 Å². The number of aromatic nitrogens is 2. The van der Waals surface area contributed by atoms with Crippen LogP contribution in [-0.4, -0.2) is 33.4 Å². The van der Waals surface area contributed by atoms with E-state index in [1.807, 2.05) is 33.8 Å². The number of hydrogen-bond donors (Lipinski definition) is 3. The van der Waals surface area contributed by atoms with Crippen molar-refractivity contribution in [1.29, 1.82) is 0 Å². The second-order valence-electron chi connectivity index (χ2n) is 8.14. The van der Waals surface area contributed by atoms with Gasteiger partial charge in [-0.25, -0.2) is 9.07 Å². The Morgan fingerprint density at radius 3 is 2.66 bits per heavy atom. The summed E-state index contributed by atoms with van der Waals surface area (Å²) in [5, 5.41) is 13.7. The Labute approximate surface area is 173 Å². The lowest BCUT2D eigenvalue weighted by Gasteiger charge is -2.30. The zero-order valence-corrected chi connectivity index (χ0v) is 17.8. The molecule has 0 spiro atoms. The molecule has 29 heavy (non-hydrogen) atoms. The fourth-order valence-corrected chi connectivity index (χ4v) is 3.60. The molecule has 1 aromatic heterocycles. The van der Waals surface area contributed by atoms with Crippen molar-refractivity contribution in [2.45, 2.75) is 56.8 Å². The number of hydrogen-bond acceptors (Lipinski definition) is 5. The number of halogens is 1. The molecule has 0 bridgehead atoms. The quantitative estimate of drug-likeness (QED) is 0.649. The predicted octanol–water partition coefficient (Wildman–Crippen LogP) is 3.00. The van der Waals surface area contributed by atoms with Crippen LogP contribution >= 0.6 is 11.8 Å². The fraction of sp³-hybridized carbons (Fsp3) is 0.450. The summed E-state index contributed by atoms with van der Waals surface area (Å²) in [6.07, 6.45) is -0.151. The predicted molar refractivity (Wildman–Crippen MR) is 111 cm³/mol. The Bertz CT molecular complexity index is 891. The van der Waals surface area contributed by atoms with Crippen LogP contribution in [0.15, 0.2) is 35.2 Å². The highest BCUT2D eigenvalue weighted by atomic mass is 32.2. The van der Waals surface area contributed by atoms with Gasteiger partial charge in [0.05, 0.1) is 11.4 Å². The molecule has 1 aliphatic heterocycles. The second kappa shape index (κ2) is 8.54. The zero-order valence-electron chi connectivity index (χ0n) is 17.0. The summed E-state index contributed by atoms with van der Waals surface area (Å²) in [7, 11) is 0. The van der Waals surface area contributed by atoms with E-state index in [1.165, 1.54) is 23.9 Å². The van der Waals surface area contributed by atoms with Crippen molar-refractivity contribution in [2.75, 3.05) is 11.1 Å².